The van der Waals surface area contributed by atoms with Crippen LogP contribution in [0.5, 0.6) is 5.75 Å². The summed E-state index contributed by atoms with van der Waals surface area (Å²) >= 11 is 6.60. The average molecular weight is 704 g/mol. The van der Waals surface area contributed by atoms with Gasteiger partial charge in [-0.1, -0.05) is 24.6 Å². The molecule has 4 heterocycles. The van der Waals surface area contributed by atoms with Gasteiger partial charge in [0.15, 0.2) is 5.82 Å². The second-order valence-electron chi connectivity index (χ2n) is 13.3. The maximum absolute atomic E-state index is 13.5. The Morgan fingerprint density at radius 1 is 0.959 bits per heavy atom. The van der Waals surface area contributed by atoms with Crippen molar-refractivity contribution in [2.24, 2.45) is 0 Å². The van der Waals surface area contributed by atoms with E-state index in [0.717, 1.165) is 68.4 Å². The second kappa shape index (κ2) is 15.0. The van der Waals surface area contributed by atoms with E-state index in [2.05, 4.69) is 66.4 Å². The molecule has 13 heteroatoms. The van der Waals surface area contributed by atoms with E-state index in [1.807, 2.05) is 31.2 Å². The molecule has 0 saturated carbocycles. The lowest BCUT2D eigenvalue weighted by atomic mass is 9.99. The fourth-order valence-electron chi connectivity index (χ4n) is 6.74. The number of hydrogen-bond acceptors (Lipinski definition) is 11. The molecule has 0 atom stereocenters. The normalized spacial score (nSPS) is 16.5. The van der Waals surface area contributed by atoms with Crippen LogP contribution < -0.4 is 25.6 Å². The summed E-state index contributed by atoms with van der Waals surface area (Å²) in [7, 11) is 1.18. The molecule has 2 aromatic carbocycles. The molecule has 2 saturated heterocycles. The van der Waals surface area contributed by atoms with E-state index in [0.29, 0.717) is 39.6 Å². The van der Waals surface area contributed by atoms with Crippen LogP contribution in [-0.2, 0) is 11.0 Å². The van der Waals surface area contributed by atoms with Crippen LogP contribution in [-0.4, -0.2) is 103 Å². The number of methoxy groups -OCH3 is 1. The molecule has 2 N–H and O–H groups in total. The van der Waals surface area contributed by atoms with Gasteiger partial charge in [0, 0.05) is 74.1 Å². The topological polar surface area (TPSA) is 112 Å². The van der Waals surface area contributed by atoms with Crippen LogP contribution in [0.15, 0.2) is 48.8 Å². The zero-order valence-electron chi connectivity index (χ0n) is 29.3. The third-order valence-corrected chi connectivity index (χ3v) is 11.3. The molecule has 0 radical (unpaired) electrons. The van der Waals surface area contributed by atoms with Crippen molar-refractivity contribution in [1.82, 2.24) is 29.7 Å². The molecular formula is C36H47ClN9O2P. The highest BCUT2D eigenvalue weighted by Crippen LogP contribution is 2.41. The molecule has 11 nitrogen and oxygen atoms in total. The van der Waals surface area contributed by atoms with Gasteiger partial charge in [0.2, 0.25) is 5.95 Å². The van der Waals surface area contributed by atoms with Crippen molar-refractivity contribution >= 4 is 52.9 Å². The van der Waals surface area contributed by atoms with Gasteiger partial charge in [-0.05, 0) is 76.4 Å². The lowest BCUT2D eigenvalue weighted by Crippen LogP contribution is -2.52. The van der Waals surface area contributed by atoms with Crippen molar-refractivity contribution in [2.45, 2.75) is 39.2 Å². The Hall–Kier alpha value is -3.76. The van der Waals surface area contributed by atoms with Crippen molar-refractivity contribution < 1.29 is 9.30 Å². The molecule has 2 fully saturated rings. The number of hydrogen-bond donors (Lipinski definition) is 2. The van der Waals surface area contributed by atoms with E-state index in [4.69, 9.17) is 21.3 Å². The Morgan fingerprint density at radius 2 is 1.71 bits per heavy atom. The number of piperidine rings is 1. The van der Waals surface area contributed by atoms with Gasteiger partial charge >= 0.3 is 0 Å². The summed E-state index contributed by atoms with van der Waals surface area (Å²) in [6.07, 6.45) is 6.49. The predicted molar refractivity (Wildman–Crippen MR) is 202 cm³/mol. The first-order chi connectivity index (χ1) is 23.5. The first-order valence-corrected chi connectivity index (χ1v) is 19.9. The molecule has 2 aliphatic rings. The minimum atomic E-state index is -2.72. The summed E-state index contributed by atoms with van der Waals surface area (Å²) in [5.74, 6) is 2.15. The predicted octanol–water partition coefficient (Wildman–Crippen LogP) is 6.42. The molecule has 2 aliphatic heterocycles. The lowest BCUT2D eigenvalue weighted by molar-refractivity contribution is 0.0982. The van der Waals surface area contributed by atoms with E-state index in [-0.39, 0.29) is 0 Å². The fourth-order valence-corrected chi connectivity index (χ4v) is 8.04. The highest BCUT2D eigenvalue weighted by Gasteiger charge is 2.28. The number of halogens is 1. The lowest BCUT2D eigenvalue weighted by Gasteiger charge is -2.43. The van der Waals surface area contributed by atoms with Crippen LogP contribution in [0.4, 0.5) is 28.8 Å². The van der Waals surface area contributed by atoms with E-state index in [1.54, 1.807) is 32.8 Å². The smallest absolute Gasteiger partial charge is 0.229 e. The van der Waals surface area contributed by atoms with Crippen molar-refractivity contribution in [3.8, 4) is 17.0 Å². The van der Waals surface area contributed by atoms with Crippen molar-refractivity contribution in [3.05, 3.63) is 65.2 Å². The van der Waals surface area contributed by atoms with Gasteiger partial charge in [-0.15, -0.1) is 0 Å². The van der Waals surface area contributed by atoms with Gasteiger partial charge in [0.1, 0.15) is 23.7 Å². The minimum absolute atomic E-state index is 0.338. The number of nitrogens with one attached hydrogen (secondary N) is 2. The Balaban J connectivity index is 1.21. The Bertz CT molecular complexity index is 1840. The average Bonchev–Trinajstić information content (AvgIpc) is 3.09. The maximum Gasteiger partial charge on any atom is 0.229 e. The van der Waals surface area contributed by atoms with Crippen molar-refractivity contribution in [1.29, 1.82) is 0 Å². The van der Waals surface area contributed by atoms with Gasteiger partial charge in [0.05, 0.1) is 30.4 Å². The largest absolute Gasteiger partial charge is 0.494 e. The number of anilines is 5. The van der Waals surface area contributed by atoms with Crippen LogP contribution in [0, 0.1) is 6.92 Å². The van der Waals surface area contributed by atoms with Crippen LogP contribution in [0.25, 0.3) is 11.3 Å². The summed E-state index contributed by atoms with van der Waals surface area (Å²) in [6.45, 7) is 14.2. The maximum atomic E-state index is 13.5. The number of rotatable bonds is 10. The summed E-state index contributed by atoms with van der Waals surface area (Å²) in [5, 5.41) is 7.70. The van der Waals surface area contributed by atoms with E-state index in [9.17, 15) is 4.57 Å². The van der Waals surface area contributed by atoms with E-state index < -0.39 is 7.14 Å². The number of benzene rings is 2. The molecule has 49 heavy (non-hydrogen) atoms. The van der Waals surface area contributed by atoms with Crippen molar-refractivity contribution in [2.75, 3.05) is 82.3 Å². The summed E-state index contributed by atoms with van der Waals surface area (Å²) in [5.41, 5.74) is 5.51. The molecule has 4 aromatic rings. The minimum Gasteiger partial charge on any atom is -0.494 e. The van der Waals surface area contributed by atoms with Crippen molar-refractivity contribution in [3.63, 3.8) is 0 Å². The SMILES string of the molecule is CCc1cc(Nc2ncc(Cl)c(Nc3ccc(-c4ccnc(C)n4)cc3P(C)(C)=O)n2)c(OC)cc1N1CCC(N2CCN(C)CC2)CC1. The molecular weight excluding hydrogens is 657 g/mol. The van der Waals surface area contributed by atoms with Crippen LogP contribution in [0.1, 0.15) is 31.2 Å². The highest BCUT2D eigenvalue weighted by molar-refractivity contribution is 7.70. The second-order valence-corrected chi connectivity index (χ2v) is 16.9. The number of nitrogens with zero attached hydrogens (tertiary/aromatic N) is 7. The number of aryl methyl sites for hydroxylation is 2. The Labute approximate surface area is 294 Å². The van der Waals surface area contributed by atoms with Gasteiger partial charge in [0.25, 0.3) is 0 Å². The summed E-state index contributed by atoms with van der Waals surface area (Å²) in [6, 6.07) is 12.5. The Kier molecular flexibility index (Phi) is 10.7. The number of aromatic nitrogens is 4. The standard InChI is InChI=1S/C36H47ClN9O2P/c1-7-25-20-31(33(48-4)22-32(25)46-14-11-27(12-15-46)45-18-16-44(3)17-19-45)42-36-39-23-28(37)35(43-36)41-30-9-8-26(21-34(30)49(5,6)47)29-10-13-38-24(2)40-29/h8-10,13,20-23,27H,7,11-12,14-19H2,1-6H3,(H2,39,41,42,43). The molecule has 0 bridgehead atoms. The third kappa shape index (κ3) is 8.18. The first kappa shape index (κ1) is 35.1. The van der Waals surface area contributed by atoms with Gasteiger partial charge < -0.3 is 29.7 Å². The molecule has 2 aromatic heterocycles. The summed E-state index contributed by atoms with van der Waals surface area (Å²) in [4.78, 5) is 25.5. The third-order valence-electron chi connectivity index (χ3n) is 9.53. The van der Waals surface area contributed by atoms with Crippen LogP contribution in [0.2, 0.25) is 5.02 Å². The highest BCUT2D eigenvalue weighted by atomic mass is 35.5. The molecule has 0 amide bonds. The zero-order valence-corrected chi connectivity index (χ0v) is 31.0. The fraction of sp³-hybridized carbons (Fsp3) is 0.444. The number of likely N-dealkylation sites (N-methyl/N-ethyl adjacent to an activating group) is 1. The van der Waals surface area contributed by atoms with E-state index in [1.165, 1.54) is 24.1 Å². The first-order valence-electron chi connectivity index (χ1n) is 17.0. The van der Waals surface area contributed by atoms with Gasteiger partial charge in [-0.3, -0.25) is 4.90 Å². The zero-order chi connectivity index (χ0) is 34.7. The molecule has 6 rings (SSSR count). The number of piperazine rings is 1. The molecule has 0 aliphatic carbocycles. The monoisotopic (exact) mass is 703 g/mol. The van der Waals surface area contributed by atoms with E-state index >= 15 is 0 Å². The molecule has 260 valence electrons. The van der Waals surface area contributed by atoms with Gasteiger partial charge in [-0.25, -0.2) is 15.0 Å². The molecule has 0 unspecified atom stereocenters. The summed E-state index contributed by atoms with van der Waals surface area (Å²) < 4.78 is 19.4. The Morgan fingerprint density at radius 3 is 2.39 bits per heavy atom. The quantitative estimate of drug-likeness (QED) is 0.179. The van der Waals surface area contributed by atoms with Crippen LogP contribution in [0.3, 0.4) is 0 Å². The number of ether oxygens (including phenoxy) is 1. The molecule has 0 spiro atoms. The van der Waals surface area contributed by atoms with Gasteiger partial charge in [-0.2, -0.15) is 4.98 Å². The van der Waals surface area contributed by atoms with Crippen LogP contribution >= 0.6 is 18.7 Å².